The van der Waals surface area contributed by atoms with Gasteiger partial charge in [0, 0.05) is 46.3 Å². The van der Waals surface area contributed by atoms with Gasteiger partial charge in [0.1, 0.15) is 11.5 Å². The van der Waals surface area contributed by atoms with Crippen molar-refractivity contribution in [2.75, 3.05) is 25.1 Å². The fraction of sp³-hybridized carbons (Fsp3) is 0.333. The number of aryl methyl sites for hydroxylation is 1. The summed E-state index contributed by atoms with van der Waals surface area (Å²) in [6, 6.07) is 33.9. The molecule has 2 aliphatic heterocycles. The Morgan fingerprint density at radius 3 is 2.38 bits per heavy atom. The molecule has 1 saturated heterocycles. The second-order valence-electron chi connectivity index (χ2n) is 15.1. The van der Waals surface area contributed by atoms with E-state index in [1.165, 1.54) is 83.8 Å². The molecule has 0 amide bonds. The van der Waals surface area contributed by atoms with Crippen LogP contribution >= 0.6 is 0 Å². The van der Waals surface area contributed by atoms with Gasteiger partial charge >= 0.3 is 0 Å². The van der Waals surface area contributed by atoms with Gasteiger partial charge in [-0.25, -0.2) is 0 Å². The molecule has 5 aromatic carbocycles. The Kier molecular flexibility index (Phi) is 6.23. The molecule has 3 heteroatoms. The minimum atomic E-state index is -0.761. The first-order valence-electron chi connectivity index (χ1n) is 18.2. The average molecular weight is 630 g/mol. The van der Waals surface area contributed by atoms with Crippen LogP contribution in [0, 0.1) is 18.8 Å². The minimum absolute atomic E-state index is 0.0361. The lowest BCUT2D eigenvalue weighted by Gasteiger charge is -2.41. The van der Waals surface area contributed by atoms with Crippen LogP contribution in [0.2, 0.25) is 0 Å². The van der Waals surface area contributed by atoms with Gasteiger partial charge in [-0.1, -0.05) is 78.7 Å². The van der Waals surface area contributed by atoms with Crippen molar-refractivity contribution >= 4 is 22.5 Å². The molecule has 240 valence electrons. The maximum Gasteiger partial charge on any atom is 0.178 e. The quantitative estimate of drug-likeness (QED) is 0.197. The van der Waals surface area contributed by atoms with Gasteiger partial charge in [0.15, 0.2) is 5.60 Å². The summed E-state index contributed by atoms with van der Waals surface area (Å²) in [5.41, 5.74) is 11.4. The molecule has 10 rings (SSSR count). The Hall–Kier alpha value is -4.50. The van der Waals surface area contributed by atoms with Crippen molar-refractivity contribution in [2.24, 2.45) is 11.8 Å². The highest BCUT2D eigenvalue weighted by Crippen LogP contribution is 2.69. The van der Waals surface area contributed by atoms with Crippen molar-refractivity contribution in [2.45, 2.75) is 62.9 Å². The number of piperidine rings is 1. The highest BCUT2D eigenvalue weighted by molar-refractivity contribution is 6.09. The van der Waals surface area contributed by atoms with Gasteiger partial charge in [0.05, 0.1) is 7.11 Å². The van der Waals surface area contributed by atoms with E-state index in [2.05, 4.69) is 115 Å². The summed E-state index contributed by atoms with van der Waals surface area (Å²) in [6.07, 6.45) is 13.9. The van der Waals surface area contributed by atoms with Crippen LogP contribution in [0.25, 0.3) is 28.0 Å². The molecule has 3 nitrogen and oxygen atoms in total. The van der Waals surface area contributed by atoms with Gasteiger partial charge in [-0.3, -0.25) is 0 Å². The number of ether oxygens (including phenoxy) is 2. The lowest BCUT2D eigenvalue weighted by atomic mass is 9.65. The first kappa shape index (κ1) is 28.5. The first-order valence-corrected chi connectivity index (χ1v) is 18.2. The Balaban J connectivity index is 1.23. The third kappa shape index (κ3) is 3.88. The zero-order valence-electron chi connectivity index (χ0n) is 28.1. The molecule has 0 aromatic heterocycles. The molecule has 48 heavy (non-hydrogen) atoms. The fourth-order valence-electron chi connectivity index (χ4n) is 10.6. The topological polar surface area (TPSA) is 21.7 Å². The molecule has 5 aromatic rings. The molecule has 0 N–H and O–H groups in total. The lowest BCUT2D eigenvalue weighted by Crippen LogP contribution is -2.36. The van der Waals surface area contributed by atoms with Crippen LogP contribution in [0.4, 0.5) is 5.69 Å². The predicted molar refractivity (Wildman–Crippen MR) is 196 cm³/mol. The van der Waals surface area contributed by atoms with E-state index < -0.39 is 5.60 Å². The molecule has 1 spiro atoms. The van der Waals surface area contributed by atoms with Gasteiger partial charge in [-0.15, -0.1) is 0 Å². The molecule has 3 fully saturated rings. The van der Waals surface area contributed by atoms with E-state index in [4.69, 9.17) is 9.47 Å². The number of benzene rings is 5. The summed E-state index contributed by atoms with van der Waals surface area (Å²) < 4.78 is 13.5. The molecule has 2 saturated carbocycles. The molecule has 4 unspecified atom stereocenters. The summed E-state index contributed by atoms with van der Waals surface area (Å²) in [5, 5.41) is 2.40. The fourth-order valence-corrected chi connectivity index (χ4v) is 10.6. The minimum Gasteiger partial charge on any atom is -0.497 e. The van der Waals surface area contributed by atoms with E-state index in [0.717, 1.165) is 47.0 Å². The normalized spacial score (nSPS) is 26.4. The molecule has 2 heterocycles. The van der Waals surface area contributed by atoms with Crippen LogP contribution in [0.1, 0.15) is 78.3 Å². The zero-order valence-corrected chi connectivity index (χ0v) is 28.1. The van der Waals surface area contributed by atoms with E-state index in [-0.39, 0.29) is 5.41 Å². The maximum atomic E-state index is 7.66. The van der Waals surface area contributed by atoms with Gasteiger partial charge in [0.25, 0.3) is 0 Å². The molecule has 5 aliphatic rings. The van der Waals surface area contributed by atoms with E-state index in [9.17, 15) is 0 Å². The van der Waals surface area contributed by atoms with Crippen molar-refractivity contribution in [3.05, 3.63) is 130 Å². The summed E-state index contributed by atoms with van der Waals surface area (Å²) in [5.74, 6) is 3.31. The highest BCUT2D eigenvalue weighted by atomic mass is 16.5. The van der Waals surface area contributed by atoms with Crippen molar-refractivity contribution in [3.63, 3.8) is 0 Å². The SMILES string of the molecule is COc1ccc2c3c(c4c(c2c1)OC(c1ccccc1)(c1ccc(N2CCCCC2)cc1)C=C4)C1(CC2CCC1C2)c1cc(C)ccc1-3. The zero-order chi connectivity index (χ0) is 32.0. The molecule has 4 atom stereocenters. The van der Waals surface area contributed by atoms with Gasteiger partial charge in [-0.05, 0) is 121 Å². The molecular formula is C45H43NO2. The van der Waals surface area contributed by atoms with E-state index in [0.29, 0.717) is 5.92 Å². The van der Waals surface area contributed by atoms with Gasteiger partial charge in [-0.2, -0.15) is 0 Å². The number of hydrogen-bond acceptors (Lipinski definition) is 3. The third-order valence-electron chi connectivity index (χ3n) is 12.7. The van der Waals surface area contributed by atoms with Crippen molar-refractivity contribution < 1.29 is 9.47 Å². The molecule has 0 radical (unpaired) electrons. The molecule has 2 bridgehead atoms. The van der Waals surface area contributed by atoms with Crippen LogP contribution in [-0.2, 0) is 11.0 Å². The number of hydrogen-bond donors (Lipinski definition) is 0. The summed E-state index contributed by atoms with van der Waals surface area (Å²) in [4.78, 5) is 2.53. The van der Waals surface area contributed by atoms with Crippen LogP contribution in [0.5, 0.6) is 11.5 Å². The summed E-state index contributed by atoms with van der Waals surface area (Å²) in [6.45, 7) is 4.53. The highest BCUT2D eigenvalue weighted by Gasteiger charge is 2.58. The van der Waals surface area contributed by atoms with Crippen LogP contribution in [0.3, 0.4) is 0 Å². The van der Waals surface area contributed by atoms with E-state index in [1.807, 2.05) is 0 Å². The third-order valence-corrected chi connectivity index (χ3v) is 12.7. The molecular weight excluding hydrogens is 587 g/mol. The average Bonchev–Trinajstić information content (AvgIpc) is 3.84. The second kappa shape index (κ2) is 10.5. The van der Waals surface area contributed by atoms with Crippen molar-refractivity contribution in [1.82, 2.24) is 0 Å². The summed E-state index contributed by atoms with van der Waals surface area (Å²) in [7, 11) is 1.77. The number of nitrogens with zero attached hydrogens (tertiary/aromatic N) is 1. The number of rotatable bonds is 4. The number of fused-ring (bicyclic) bond motifs is 13. The Morgan fingerprint density at radius 1 is 0.812 bits per heavy atom. The maximum absolute atomic E-state index is 7.66. The number of methoxy groups -OCH3 is 1. The first-order chi connectivity index (χ1) is 23.6. The smallest absolute Gasteiger partial charge is 0.178 e. The number of anilines is 1. The Bertz CT molecular complexity index is 2110. The Labute approximate surface area is 284 Å². The molecule has 3 aliphatic carbocycles. The lowest BCUT2D eigenvalue weighted by molar-refractivity contribution is 0.163. The van der Waals surface area contributed by atoms with Gasteiger partial charge < -0.3 is 14.4 Å². The van der Waals surface area contributed by atoms with Crippen molar-refractivity contribution in [3.8, 4) is 22.6 Å². The van der Waals surface area contributed by atoms with Crippen LogP contribution in [-0.4, -0.2) is 20.2 Å². The van der Waals surface area contributed by atoms with E-state index in [1.54, 1.807) is 12.7 Å². The second-order valence-corrected chi connectivity index (χ2v) is 15.1. The van der Waals surface area contributed by atoms with Crippen LogP contribution in [0.15, 0.2) is 97.1 Å². The Morgan fingerprint density at radius 2 is 1.62 bits per heavy atom. The largest absolute Gasteiger partial charge is 0.497 e. The van der Waals surface area contributed by atoms with Crippen molar-refractivity contribution in [1.29, 1.82) is 0 Å². The summed E-state index contributed by atoms with van der Waals surface area (Å²) >= 11 is 0. The standard InChI is InChI=1S/C45H43NO2/c1-29-11-19-37-40(25-29)44(28-30-12-13-33(44)26-30)42-38-21-22-45(31-9-5-3-6-10-31,32-14-16-34(17-15-32)46-23-7-4-8-24-46)48-43(38)39-27-35(47-2)18-20-36(39)41(37)42/h3,5-6,9-11,14-22,25,27,30,33H,4,7-8,12-13,23-24,26,28H2,1-2H3. The monoisotopic (exact) mass is 629 g/mol. The van der Waals surface area contributed by atoms with Crippen LogP contribution < -0.4 is 14.4 Å². The van der Waals surface area contributed by atoms with E-state index >= 15 is 0 Å². The van der Waals surface area contributed by atoms with Gasteiger partial charge in [0.2, 0.25) is 0 Å². The predicted octanol–water partition coefficient (Wildman–Crippen LogP) is 10.6.